The number of Topliss-reactive ketones (excluding diaryl/α,β-unsaturated/α-hetero) is 1. The van der Waals surface area contributed by atoms with Gasteiger partial charge in [0.2, 0.25) is 0 Å². The Labute approximate surface area is 76.3 Å². The smallest absolute Gasteiger partial charge is 0.321 e. The Bertz CT molecular complexity index is 251. The Morgan fingerprint density at radius 3 is 3.00 bits per heavy atom. The van der Waals surface area contributed by atoms with Crippen LogP contribution in [0.2, 0.25) is 0 Å². The highest BCUT2D eigenvalue weighted by Gasteiger charge is 2.45. The molecule has 1 saturated carbocycles. The van der Waals surface area contributed by atoms with E-state index in [-0.39, 0.29) is 17.6 Å². The van der Waals surface area contributed by atoms with Crippen LogP contribution in [0.3, 0.4) is 0 Å². The van der Waals surface area contributed by atoms with Crippen molar-refractivity contribution in [2.24, 2.45) is 11.8 Å². The molecule has 0 aromatic rings. The molecule has 0 unspecified atom stereocenters. The standard InChI is InChI=1S/C9H13NO3/c11-6-3-1-2-5-4-10-8(7(5)6)9(12)13/h5,7-8,10H,1-4H2,(H,12,13)/t5-,7-,8-/m1/s1. The minimum atomic E-state index is -0.886. The number of nitrogens with one attached hydrogen (secondary N) is 1. The molecule has 2 aliphatic rings. The molecule has 3 atom stereocenters. The summed E-state index contributed by atoms with van der Waals surface area (Å²) in [6.45, 7) is 0.688. The maximum absolute atomic E-state index is 11.5. The summed E-state index contributed by atoms with van der Waals surface area (Å²) < 4.78 is 0. The summed E-state index contributed by atoms with van der Waals surface area (Å²) >= 11 is 0. The van der Waals surface area contributed by atoms with Crippen LogP contribution >= 0.6 is 0 Å². The van der Waals surface area contributed by atoms with Gasteiger partial charge in [0, 0.05) is 12.3 Å². The second-order valence-electron chi connectivity index (χ2n) is 3.87. The van der Waals surface area contributed by atoms with Gasteiger partial charge in [0.25, 0.3) is 0 Å². The summed E-state index contributed by atoms with van der Waals surface area (Å²) in [6.07, 6.45) is 2.48. The minimum absolute atomic E-state index is 0.133. The number of rotatable bonds is 1. The normalized spacial score (nSPS) is 38.8. The highest BCUT2D eigenvalue weighted by Crippen LogP contribution is 2.33. The van der Waals surface area contributed by atoms with E-state index in [1.807, 2.05) is 0 Å². The number of fused-ring (bicyclic) bond motifs is 1. The molecule has 0 amide bonds. The van der Waals surface area contributed by atoms with Gasteiger partial charge in [-0.2, -0.15) is 0 Å². The van der Waals surface area contributed by atoms with Gasteiger partial charge in [0.15, 0.2) is 0 Å². The third-order valence-electron chi connectivity index (χ3n) is 3.10. The molecule has 72 valence electrons. The first kappa shape index (κ1) is 8.69. The fraction of sp³-hybridized carbons (Fsp3) is 0.778. The van der Waals surface area contributed by atoms with Crippen LogP contribution in [0, 0.1) is 11.8 Å². The fourth-order valence-electron chi connectivity index (χ4n) is 2.48. The molecule has 13 heavy (non-hydrogen) atoms. The van der Waals surface area contributed by atoms with Gasteiger partial charge in [-0.3, -0.25) is 9.59 Å². The molecule has 0 radical (unpaired) electrons. The summed E-state index contributed by atoms with van der Waals surface area (Å²) in [4.78, 5) is 22.3. The fourth-order valence-corrected chi connectivity index (χ4v) is 2.48. The first-order valence-electron chi connectivity index (χ1n) is 4.69. The van der Waals surface area contributed by atoms with Crippen LogP contribution in [0.1, 0.15) is 19.3 Å². The van der Waals surface area contributed by atoms with Crippen LogP contribution in [0.25, 0.3) is 0 Å². The average molecular weight is 183 g/mol. The van der Waals surface area contributed by atoms with Crippen molar-refractivity contribution in [1.29, 1.82) is 0 Å². The molecule has 1 saturated heterocycles. The molecule has 2 rings (SSSR count). The maximum atomic E-state index is 11.5. The van der Waals surface area contributed by atoms with Crippen molar-refractivity contribution in [3.05, 3.63) is 0 Å². The predicted molar refractivity (Wildman–Crippen MR) is 45.3 cm³/mol. The molecule has 0 aromatic heterocycles. The highest BCUT2D eigenvalue weighted by molar-refractivity contribution is 5.89. The van der Waals surface area contributed by atoms with Gasteiger partial charge >= 0.3 is 5.97 Å². The lowest BCUT2D eigenvalue weighted by molar-refractivity contribution is -0.143. The van der Waals surface area contributed by atoms with Crippen molar-refractivity contribution in [2.75, 3.05) is 6.54 Å². The second kappa shape index (κ2) is 3.10. The molecular weight excluding hydrogens is 170 g/mol. The third kappa shape index (κ3) is 1.35. The van der Waals surface area contributed by atoms with Crippen molar-refractivity contribution in [3.8, 4) is 0 Å². The Morgan fingerprint density at radius 2 is 2.31 bits per heavy atom. The van der Waals surface area contributed by atoms with Crippen molar-refractivity contribution < 1.29 is 14.7 Å². The largest absolute Gasteiger partial charge is 0.480 e. The van der Waals surface area contributed by atoms with E-state index >= 15 is 0 Å². The van der Waals surface area contributed by atoms with Crippen LogP contribution in [0.4, 0.5) is 0 Å². The van der Waals surface area contributed by atoms with Gasteiger partial charge in [0.1, 0.15) is 11.8 Å². The number of hydrogen-bond donors (Lipinski definition) is 2. The number of carboxylic acids is 1. The van der Waals surface area contributed by atoms with Crippen molar-refractivity contribution >= 4 is 11.8 Å². The lowest BCUT2D eigenvalue weighted by atomic mass is 9.77. The minimum Gasteiger partial charge on any atom is -0.480 e. The molecule has 2 fully saturated rings. The summed E-state index contributed by atoms with van der Waals surface area (Å²) in [7, 11) is 0. The van der Waals surface area contributed by atoms with E-state index < -0.39 is 12.0 Å². The molecule has 2 N–H and O–H groups in total. The highest BCUT2D eigenvalue weighted by atomic mass is 16.4. The molecular formula is C9H13NO3. The van der Waals surface area contributed by atoms with Gasteiger partial charge in [-0.05, 0) is 25.3 Å². The van der Waals surface area contributed by atoms with E-state index in [0.717, 1.165) is 12.8 Å². The van der Waals surface area contributed by atoms with Crippen molar-refractivity contribution in [1.82, 2.24) is 5.32 Å². The van der Waals surface area contributed by atoms with E-state index in [1.165, 1.54) is 0 Å². The summed E-state index contributed by atoms with van der Waals surface area (Å²) in [5.74, 6) is -0.745. The Balaban J connectivity index is 2.18. The third-order valence-corrected chi connectivity index (χ3v) is 3.10. The molecule has 0 bridgehead atoms. The van der Waals surface area contributed by atoms with Gasteiger partial charge in [-0.1, -0.05) is 0 Å². The van der Waals surface area contributed by atoms with E-state index in [1.54, 1.807) is 0 Å². The van der Waals surface area contributed by atoms with Crippen LogP contribution in [0.15, 0.2) is 0 Å². The number of carbonyl (C=O) groups excluding carboxylic acids is 1. The number of ketones is 1. The molecule has 4 heteroatoms. The quantitative estimate of drug-likeness (QED) is 0.601. The van der Waals surface area contributed by atoms with Crippen LogP contribution in [-0.4, -0.2) is 29.4 Å². The number of aliphatic carboxylic acids is 1. The van der Waals surface area contributed by atoms with Gasteiger partial charge in [-0.25, -0.2) is 0 Å². The Morgan fingerprint density at radius 1 is 1.54 bits per heavy atom. The predicted octanol–water partition coefficient (Wildman–Crippen LogP) is 0.0282. The monoisotopic (exact) mass is 183 g/mol. The van der Waals surface area contributed by atoms with Gasteiger partial charge in [0.05, 0.1) is 0 Å². The molecule has 0 spiro atoms. The van der Waals surface area contributed by atoms with Crippen LogP contribution in [0.5, 0.6) is 0 Å². The second-order valence-corrected chi connectivity index (χ2v) is 3.87. The molecule has 1 aliphatic carbocycles. The number of hydrogen-bond acceptors (Lipinski definition) is 3. The summed E-state index contributed by atoms with van der Waals surface area (Å²) in [5.41, 5.74) is 0. The average Bonchev–Trinajstić information content (AvgIpc) is 2.49. The summed E-state index contributed by atoms with van der Waals surface area (Å²) in [6, 6.07) is -0.627. The zero-order chi connectivity index (χ0) is 9.42. The lowest BCUT2D eigenvalue weighted by Crippen LogP contribution is -2.40. The number of carboxylic acid groups (broad SMARTS) is 1. The van der Waals surface area contributed by atoms with Gasteiger partial charge < -0.3 is 10.4 Å². The van der Waals surface area contributed by atoms with E-state index in [4.69, 9.17) is 5.11 Å². The van der Waals surface area contributed by atoms with Crippen LogP contribution in [-0.2, 0) is 9.59 Å². The summed E-state index contributed by atoms with van der Waals surface area (Å²) in [5, 5.41) is 11.8. The lowest BCUT2D eigenvalue weighted by Gasteiger charge is -2.24. The molecule has 4 nitrogen and oxygen atoms in total. The zero-order valence-electron chi connectivity index (χ0n) is 7.32. The van der Waals surface area contributed by atoms with Crippen LogP contribution < -0.4 is 5.32 Å². The zero-order valence-corrected chi connectivity index (χ0v) is 7.32. The topological polar surface area (TPSA) is 66.4 Å². The Hall–Kier alpha value is -0.900. The molecule has 0 aromatic carbocycles. The SMILES string of the molecule is O=C1CCC[C@@H]2CN[C@@H](C(=O)O)[C@@H]12. The van der Waals surface area contributed by atoms with E-state index in [0.29, 0.717) is 13.0 Å². The molecule has 1 heterocycles. The first-order chi connectivity index (χ1) is 6.20. The van der Waals surface area contributed by atoms with Gasteiger partial charge in [-0.15, -0.1) is 0 Å². The Kier molecular flexibility index (Phi) is 2.07. The number of carbonyl (C=O) groups is 2. The van der Waals surface area contributed by atoms with Crippen molar-refractivity contribution in [2.45, 2.75) is 25.3 Å². The van der Waals surface area contributed by atoms with E-state index in [9.17, 15) is 9.59 Å². The molecule has 1 aliphatic heterocycles. The first-order valence-corrected chi connectivity index (χ1v) is 4.69. The van der Waals surface area contributed by atoms with E-state index in [2.05, 4.69) is 5.32 Å². The maximum Gasteiger partial charge on any atom is 0.321 e. The van der Waals surface area contributed by atoms with Crippen molar-refractivity contribution in [3.63, 3.8) is 0 Å².